The highest BCUT2D eigenvalue weighted by atomic mass is 16.6. The number of ether oxygens (including phenoxy) is 1. The van der Waals surface area contributed by atoms with E-state index >= 15 is 0 Å². The van der Waals surface area contributed by atoms with Crippen LogP contribution in [0.15, 0.2) is 60.8 Å². The van der Waals surface area contributed by atoms with Crippen molar-refractivity contribution >= 4 is 34.4 Å². The molecule has 170 valence electrons. The van der Waals surface area contributed by atoms with E-state index in [0.29, 0.717) is 16.5 Å². The maximum Gasteiger partial charge on any atom is 0.326 e. The van der Waals surface area contributed by atoms with Gasteiger partial charge in [-0.25, -0.2) is 4.79 Å². The third-order valence-electron chi connectivity index (χ3n) is 5.07. The Morgan fingerprint density at radius 3 is 2.45 bits per heavy atom. The van der Waals surface area contributed by atoms with Gasteiger partial charge in [-0.15, -0.1) is 0 Å². The van der Waals surface area contributed by atoms with Crippen LogP contribution in [0, 0.1) is 10.1 Å². The summed E-state index contributed by atoms with van der Waals surface area (Å²) in [5, 5.41) is 23.9. The van der Waals surface area contributed by atoms with Crippen molar-refractivity contribution in [3.63, 3.8) is 0 Å². The van der Waals surface area contributed by atoms with Crippen LogP contribution in [-0.4, -0.2) is 45.5 Å². The number of aromatic nitrogens is 1. The van der Waals surface area contributed by atoms with Crippen LogP contribution in [0.2, 0.25) is 0 Å². The molecule has 0 unspecified atom stereocenters. The number of nitro benzene ring substituents is 1. The van der Waals surface area contributed by atoms with Gasteiger partial charge in [0.25, 0.3) is 11.6 Å². The predicted octanol–water partition coefficient (Wildman–Crippen LogP) is 3.06. The first-order valence-electron chi connectivity index (χ1n) is 10.1. The lowest BCUT2D eigenvalue weighted by Crippen LogP contribution is -2.45. The molecule has 10 heteroatoms. The smallest absolute Gasteiger partial charge is 0.326 e. The second kappa shape index (κ2) is 10.3. The molecule has 0 fully saturated rings. The van der Waals surface area contributed by atoms with Gasteiger partial charge in [-0.2, -0.15) is 0 Å². The van der Waals surface area contributed by atoms with Crippen molar-refractivity contribution in [1.29, 1.82) is 0 Å². The number of nitro groups is 1. The van der Waals surface area contributed by atoms with Crippen molar-refractivity contribution in [2.75, 3.05) is 6.61 Å². The number of esters is 1. The molecule has 2 N–H and O–H groups in total. The van der Waals surface area contributed by atoms with E-state index in [2.05, 4.69) is 10.3 Å². The number of hydrogen-bond acceptors (Lipinski definition) is 7. The number of benzene rings is 2. The molecule has 0 radical (unpaired) electrons. The summed E-state index contributed by atoms with van der Waals surface area (Å²) in [6.45, 7) is 1.71. The molecule has 3 aromatic rings. The van der Waals surface area contributed by atoms with Gasteiger partial charge >= 0.3 is 11.9 Å². The summed E-state index contributed by atoms with van der Waals surface area (Å²) in [6.07, 6.45) is 1.10. The monoisotopic (exact) mass is 451 g/mol. The minimum absolute atomic E-state index is 0.0961. The fraction of sp³-hybridized carbons (Fsp3) is 0.217. The fourth-order valence-corrected chi connectivity index (χ4v) is 3.52. The quantitative estimate of drug-likeness (QED) is 0.286. The average molecular weight is 451 g/mol. The van der Waals surface area contributed by atoms with E-state index < -0.39 is 34.7 Å². The highest BCUT2D eigenvalue weighted by Gasteiger charge is 2.34. The Balaban J connectivity index is 1.97. The van der Waals surface area contributed by atoms with E-state index in [1.807, 2.05) is 0 Å². The molecule has 33 heavy (non-hydrogen) atoms. The number of rotatable bonds is 9. The minimum atomic E-state index is -1.50. The molecule has 0 spiro atoms. The van der Waals surface area contributed by atoms with E-state index in [-0.39, 0.29) is 24.3 Å². The molecule has 1 heterocycles. The first kappa shape index (κ1) is 23.3. The molecule has 3 rings (SSSR count). The van der Waals surface area contributed by atoms with Crippen molar-refractivity contribution in [2.24, 2.45) is 0 Å². The van der Waals surface area contributed by atoms with Gasteiger partial charge in [-0.3, -0.25) is 24.7 Å². The summed E-state index contributed by atoms with van der Waals surface area (Å²) in [6, 6.07) is 12.0. The SMILES string of the molecule is CCOC(=O)C[C@@H](c1ccc([N+](=O)[O-])cc1)[C@H](NC(=O)c1ccnc2ccccc12)C(=O)O. The lowest BCUT2D eigenvalue weighted by molar-refractivity contribution is -0.384. The second-order valence-corrected chi connectivity index (χ2v) is 7.13. The topological polar surface area (TPSA) is 149 Å². The standard InChI is InChI=1S/C23H21N3O7/c1-2-33-20(27)13-18(14-7-9-15(10-8-14)26(31)32)21(23(29)30)25-22(28)17-11-12-24-19-6-4-3-5-16(17)19/h3-12,18,21H,2,13H2,1H3,(H,25,28)(H,29,30)/t18-,21-/m0/s1. The molecule has 0 aliphatic rings. The van der Waals surface area contributed by atoms with Crippen LogP contribution < -0.4 is 5.32 Å². The Bertz CT molecular complexity index is 1190. The molecule has 2 aromatic carbocycles. The Kier molecular flexibility index (Phi) is 7.29. The van der Waals surface area contributed by atoms with Gasteiger partial charge in [0.05, 0.1) is 29.0 Å². The molecule has 10 nitrogen and oxygen atoms in total. The highest BCUT2D eigenvalue weighted by Crippen LogP contribution is 2.27. The number of hydrogen-bond donors (Lipinski definition) is 2. The maximum atomic E-state index is 13.1. The van der Waals surface area contributed by atoms with Crippen LogP contribution in [0.5, 0.6) is 0 Å². The summed E-state index contributed by atoms with van der Waals surface area (Å²) in [5.41, 5.74) is 0.939. The average Bonchev–Trinajstić information content (AvgIpc) is 2.80. The molecule has 1 amide bonds. The number of fused-ring (bicyclic) bond motifs is 1. The number of para-hydroxylation sites is 1. The number of carbonyl (C=O) groups excluding carboxylic acids is 2. The largest absolute Gasteiger partial charge is 0.480 e. The van der Waals surface area contributed by atoms with Gasteiger partial charge in [0.15, 0.2) is 0 Å². The molecule has 0 aliphatic heterocycles. The van der Waals surface area contributed by atoms with E-state index in [1.165, 1.54) is 36.5 Å². The zero-order chi connectivity index (χ0) is 24.0. The summed E-state index contributed by atoms with van der Waals surface area (Å²) < 4.78 is 4.97. The number of non-ortho nitro benzene ring substituents is 1. The van der Waals surface area contributed by atoms with Gasteiger partial charge in [0.1, 0.15) is 6.04 Å². The van der Waals surface area contributed by atoms with Crippen LogP contribution in [-0.2, 0) is 14.3 Å². The van der Waals surface area contributed by atoms with E-state index in [4.69, 9.17) is 4.74 Å². The van der Waals surface area contributed by atoms with E-state index in [0.717, 1.165) is 0 Å². The Morgan fingerprint density at radius 2 is 1.82 bits per heavy atom. The molecular weight excluding hydrogens is 430 g/mol. The van der Waals surface area contributed by atoms with E-state index in [1.54, 1.807) is 31.2 Å². The summed E-state index contributed by atoms with van der Waals surface area (Å²) in [7, 11) is 0. The van der Waals surface area contributed by atoms with Crippen LogP contribution in [0.1, 0.15) is 35.2 Å². The minimum Gasteiger partial charge on any atom is -0.480 e. The maximum absolute atomic E-state index is 13.1. The Labute approximate surface area is 188 Å². The fourth-order valence-electron chi connectivity index (χ4n) is 3.52. The lowest BCUT2D eigenvalue weighted by atomic mass is 9.88. The van der Waals surface area contributed by atoms with Crippen LogP contribution in [0.3, 0.4) is 0 Å². The van der Waals surface area contributed by atoms with Crippen molar-refractivity contribution < 1.29 is 29.2 Å². The van der Waals surface area contributed by atoms with E-state index in [9.17, 15) is 29.6 Å². The second-order valence-electron chi connectivity index (χ2n) is 7.13. The molecule has 0 aliphatic carbocycles. The molecule has 1 aromatic heterocycles. The first-order valence-corrected chi connectivity index (χ1v) is 10.1. The van der Waals surface area contributed by atoms with Gasteiger partial charge in [-0.05, 0) is 24.6 Å². The molecule has 0 saturated heterocycles. The third-order valence-corrected chi connectivity index (χ3v) is 5.07. The van der Waals surface area contributed by atoms with Crippen molar-refractivity contribution in [2.45, 2.75) is 25.3 Å². The van der Waals surface area contributed by atoms with Crippen LogP contribution >= 0.6 is 0 Å². The Morgan fingerprint density at radius 1 is 1.12 bits per heavy atom. The third kappa shape index (κ3) is 5.48. The number of amides is 1. The van der Waals surface area contributed by atoms with Gasteiger partial charge in [-0.1, -0.05) is 30.3 Å². The van der Waals surface area contributed by atoms with Crippen molar-refractivity contribution in [3.8, 4) is 0 Å². The van der Waals surface area contributed by atoms with Gasteiger partial charge in [0, 0.05) is 29.6 Å². The van der Waals surface area contributed by atoms with Crippen molar-refractivity contribution in [3.05, 3.63) is 82.0 Å². The number of carboxylic acids is 1. The molecule has 0 saturated carbocycles. The number of pyridine rings is 1. The lowest BCUT2D eigenvalue weighted by Gasteiger charge is -2.25. The predicted molar refractivity (Wildman–Crippen MR) is 118 cm³/mol. The number of carbonyl (C=O) groups is 3. The normalized spacial score (nSPS) is 12.5. The summed E-state index contributed by atoms with van der Waals surface area (Å²) in [5.74, 6) is -3.71. The number of nitrogens with one attached hydrogen (secondary N) is 1. The Hall–Kier alpha value is -4.34. The van der Waals surface area contributed by atoms with Gasteiger partial charge < -0.3 is 15.2 Å². The molecule has 0 bridgehead atoms. The zero-order valence-electron chi connectivity index (χ0n) is 17.6. The van der Waals surface area contributed by atoms with Crippen LogP contribution in [0.4, 0.5) is 5.69 Å². The highest BCUT2D eigenvalue weighted by molar-refractivity contribution is 6.07. The van der Waals surface area contributed by atoms with Crippen LogP contribution in [0.25, 0.3) is 10.9 Å². The molecular formula is C23H21N3O7. The molecule has 2 atom stereocenters. The van der Waals surface area contributed by atoms with Gasteiger partial charge in [0.2, 0.25) is 0 Å². The van der Waals surface area contributed by atoms with Crippen molar-refractivity contribution in [1.82, 2.24) is 10.3 Å². The summed E-state index contributed by atoms with van der Waals surface area (Å²) in [4.78, 5) is 52.0. The summed E-state index contributed by atoms with van der Waals surface area (Å²) >= 11 is 0. The number of aliphatic carboxylic acids is 1. The zero-order valence-corrected chi connectivity index (χ0v) is 17.6. The first-order chi connectivity index (χ1) is 15.8. The number of carboxylic acid groups (broad SMARTS) is 1. The number of nitrogens with zero attached hydrogens (tertiary/aromatic N) is 2.